The summed E-state index contributed by atoms with van der Waals surface area (Å²) >= 11 is 0. The summed E-state index contributed by atoms with van der Waals surface area (Å²) in [6.45, 7) is 7.33. The van der Waals surface area contributed by atoms with Crippen molar-refractivity contribution >= 4 is 0 Å². The maximum absolute atomic E-state index is 6.20. The quantitative estimate of drug-likeness (QED) is 0.597. The Kier molecular flexibility index (Phi) is 7.35. The van der Waals surface area contributed by atoms with Crippen LogP contribution in [0.3, 0.4) is 0 Å². The average Bonchev–Trinajstić information content (AvgIpc) is 2.76. The third kappa shape index (κ3) is 4.50. The number of rotatable bonds is 9. The molecule has 1 heterocycles. The zero-order valence-electron chi connectivity index (χ0n) is 17.6. The minimum absolute atomic E-state index is 0.102. The number of benzene rings is 2. The molecule has 4 heteroatoms. The van der Waals surface area contributed by atoms with Gasteiger partial charge in [0.05, 0.1) is 26.9 Å². The fourth-order valence-electron chi connectivity index (χ4n) is 4.30. The zero-order valence-corrected chi connectivity index (χ0v) is 17.6. The lowest BCUT2D eigenvalue weighted by atomic mass is 9.91. The Bertz CT molecular complexity index is 743. The summed E-state index contributed by atoms with van der Waals surface area (Å²) in [5, 5.41) is 0. The monoisotopic (exact) mass is 383 g/mol. The van der Waals surface area contributed by atoms with Gasteiger partial charge in [-0.2, -0.15) is 0 Å². The number of fused-ring (bicyclic) bond motifs is 1. The molecular formula is C24H33NO3. The van der Waals surface area contributed by atoms with Crippen molar-refractivity contribution < 1.29 is 14.2 Å². The van der Waals surface area contributed by atoms with Gasteiger partial charge in [0, 0.05) is 6.04 Å². The van der Waals surface area contributed by atoms with Crippen molar-refractivity contribution in [2.24, 2.45) is 0 Å². The molecule has 1 aliphatic rings. The van der Waals surface area contributed by atoms with E-state index in [1.54, 1.807) is 14.2 Å². The first-order chi connectivity index (χ1) is 13.7. The Morgan fingerprint density at radius 1 is 1.04 bits per heavy atom. The van der Waals surface area contributed by atoms with Gasteiger partial charge in [0.25, 0.3) is 0 Å². The van der Waals surface area contributed by atoms with Crippen molar-refractivity contribution in [3.05, 3.63) is 59.2 Å². The Morgan fingerprint density at radius 2 is 1.71 bits per heavy atom. The maximum atomic E-state index is 6.20. The molecule has 0 saturated heterocycles. The lowest BCUT2D eigenvalue weighted by molar-refractivity contribution is 0.0287. The number of ether oxygens (including phenoxy) is 3. The van der Waals surface area contributed by atoms with Gasteiger partial charge < -0.3 is 14.2 Å². The molecule has 0 N–H and O–H groups in total. The van der Waals surface area contributed by atoms with E-state index in [4.69, 9.17) is 14.2 Å². The molecule has 0 spiro atoms. The van der Waals surface area contributed by atoms with Crippen molar-refractivity contribution in [3.63, 3.8) is 0 Å². The summed E-state index contributed by atoms with van der Waals surface area (Å²) in [5.74, 6) is 1.58. The fourth-order valence-corrected chi connectivity index (χ4v) is 4.30. The minimum Gasteiger partial charge on any atom is -0.493 e. The predicted molar refractivity (Wildman–Crippen MR) is 113 cm³/mol. The predicted octanol–water partition coefficient (Wildman–Crippen LogP) is 5.18. The third-order valence-corrected chi connectivity index (χ3v) is 5.82. The van der Waals surface area contributed by atoms with Crippen LogP contribution in [0.25, 0.3) is 0 Å². The van der Waals surface area contributed by atoms with Crippen molar-refractivity contribution in [1.29, 1.82) is 0 Å². The van der Waals surface area contributed by atoms with Gasteiger partial charge in [0.2, 0.25) is 0 Å². The van der Waals surface area contributed by atoms with Crippen LogP contribution in [0.15, 0.2) is 42.5 Å². The summed E-state index contributed by atoms with van der Waals surface area (Å²) in [5.41, 5.74) is 3.94. The molecule has 1 aliphatic heterocycles. The van der Waals surface area contributed by atoms with Gasteiger partial charge in [-0.3, -0.25) is 4.90 Å². The largest absolute Gasteiger partial charge is 0.493 e. The molecule has 0 fully saturated rings. The lowest BCUT2D eigenvalue weighted by Gasteiger charge is -2.33. The second-order valence-electron chi connectivity index (χ2n) is 7.24. The van der Waals surface area contributed by atoms with Crippen molar-refractivity contribution in [2.75, 3.05) is 33.9 Å². The van der Waals surface area contributed by atoms with Gasteiger partial charge >= 0.3 is 0 Å². The van der Waals surface area contributed by atoms with Crippen LogP contribution in [-0.4, -0.2) is 38.8 Å². The molecule has 28 heavy (non-hydrogen) atoms. The Balaban J connectivity index is 1.81. The molecule has 0 bridgehead atoms. The van der Waals surface area contributed by atoms with E-state index >= 15 is 0 Å². The van der Waals surface area contributed by atoms with Gasteiger partial charge in [0.1, 0.15) is 0 Å². The highest BCUT2D eigenvalue weighted by molar-refractivity contribution is 5.49. The number of nitrogens with zero attached hydrogens (tertiary/aromatic N) is 1. The smallest absolute Gasteiger partial charge is 0.161 e. The summed E-state index contributed by atoms with van der Waals surface area (Å²) in [6, 6.07) is 15.5. The zero-order chi connectivity index (χ0) is 19.9. The Morgan fingerprint density at radius 3 is 2.36 bits per heavy atom. The summed E-state index contributed by atoms with van der Waals surface area (Å²) in [6.07, 6.45) is 3.07. The molecule has 4 nitrogen and oxygen atoms in total. The summed E-state index contributed by atoms with van der Waals surface area (Å²) in [7, 11) is 3.38. The van der Waals surface area contributed by atoms with Crippen LogP contribution in [0.2, 0.25) is 0 Å². The van der Waals surface area contributed by atoms with Crippen molar-refractivity contribution in [1.82, 2.24) is 4.90 Å². The SMILES string of the molecule is CCN(CC)C(CCC1OCCc2cc(OC)c(OC)cc21)c1ccccc1. The average molecular weight is 384 g/mol. The molecule has 0 saturated carbocycles. The first-order valence-corrected chi connectivity index (χ1v) is 10.4. The van der Waals surface area contributed by atoms with E-state index < -0.39 is 0 Å². The molecular weight excluding hydrogens is 350 g/mol. The number of hydrogen-bond acceptors (Lipinski definition) is 4. The molecule has 2 aromatic carbocycles. The highest BCUT2D eigenvalue weighted by Gasteiger charge is 2.26. The van der Waals surface area contributed by atoms with E-state index in [-0.39, 0.29) is 6.10 Å². The van der Waals surface area contributed by atoms with Crippen LogP contribution in [0.1, 0.15) is 55.5 Å². The van der Waals surface area contributed by atoms with E-state index in [1.165, 1.54) is 16.7 Å². The minimum atomic E-state index is 0.102. The molecule has 2 unspecified atom stereocenters. The van der Waals surface area contributed by atoms with Crippen LogP contribution >= 0.6 is 0 Å². The van der Waals surface area contributed by atoms with E-state index in [1.807, 2.05) is 0 Å². The number of hydrogen-bond donors (Lipinski definition) is 0. The van der Waals surface area contributed by atoms with E-state index in [9.17, 15) is 0 Å². The second kappa shape index (κ2) is 9.94. The summed E-state index contributed by atoms with van der Waals surface area (Å²) in [4.78, 5) is 2.54. The molecule has 0 aliphatic carbocycles. The highest BCUT2D eigenvalue weighted by Crippen LogP contribution is 2.40. The molecule has 0 amide bonds. The van der Waals surface area contributed by atoms with Gasteiger partial charge in [-0.25, -0.2) is 0 Å². The molecule has 0 radical (unpaired) electrons. The summed E-state index contributed by atoms with van der Waals surface area (Å²) < 4.78 is 17.2. The normalized spacial score (nSPS) is 17.2. The Labute approximate surface area is 169 Å². The van der Waals surface area contributed by atoms with Gasteiger partial charge in [-0.05, 0) is 61.2 Å². The second-order valence-corrected chi connectivity index (χ2v) is 7.24. The highest BCUT2D eigenvalue weighted by atomic mass is 16.5. The van der Waals surface area contributed by atoms with Gasteiger partial charge in [0.15, 0.2) is 11.5 Å². The maximum Gasteiger partial charge on any atom is 0.161 e. The molecule has 0 aromatic heterocycles. The first kappa shape index (κ1) is 20.7. The van der Waals surface area contributed by atoms with Gasteiger partial charge in [-0.15, -0.1) is 0 Å². The van der Waals surface area contributed by atoms with Crippen LogP contribution in [-0.2, 0) is 11.2 Å². The Hall–Kier alpha value is -2.04. The van der Waals surface area contributed by atoms with E-state index in [2.05, 4.69) is 61.2 Å². The molecule has 2 aromatic rings. The number of methoxy groups -OCH3 is 2. The van der Waals surface area contributed by atoms with Crippen LogP contribution in [0, 0.1) is 0 Å². The fraction of sp³-hybridized carbons (Fsp3) is 0.500. The molecule has 3 rings (SSSR count). The van der Waals surface area contributed by atoms with Crippen molar-refractivity contribution in [3.8, 4) is 11.5 Å². The van der Waals surface area contributed by atoms with Crippen molar-refractivity contribution in [2.45, 2.75) is 45.3 Å². The first-order valence-electron chi connectivity index (χ1n) is 10.4. The van der Waals surface area contributed by atoms with E-state index in [0.29, 0.717) is 6.04 Å². The van der Waals surface area contributed by atoms with E-state index in [0.717, 1.165) is 50.5 Å². The lowest BCUT2D eigenvalue weighted by Crippen LogP contribution is -2.29. The molecule has 2 atom stereocenters. The topological polar surface area (TPSA) is 30.9 Å². The third-order valence-electron chi connectivity index (χ3n) is 5.82. The van der Waals surface area contributed by atoms with Crippen LogP contribution in [0.4, 0.5) is 0 Å². The van der Waals surface area contributed by atoms with Crippen LogP contribution < -0.4 is 9.47 Å². The van der Waals surface area contributed by atoms with Crippen LogP contribution in [0.5, 0.6) is 11.5 Å². The van der Waals surface area contributed by atoms with Gasteiger partial charge in [-0.1, -0.05) is 44.2 Å². The molecule has 152 valence electrons. The standard InChI is InChI=1S/C24H33NO3/c1-5-25(6-2)21(18-10-8-7-9-11-18)12-13-22-20-17-24(27-4)23(26-3)16-19(20)14-15-28-22/h7-11,16-17,21-22H,5-6,12-15H2,1-4H3.